The lowest BCUT2D eigenvalue weighted by atomic mass is 10.2. The van der Waals surface area contributed by atoms with Gasteiger partial charge in [0.25, 0.3) is 5.91 Å². The van der Waals surface area contributed by atoms with Crippen LogP contribution in [0.15, 0.2) is 53.4 Å². The molecule has 0 aliphatic carbocycles. The van der Waals surface area contributed by atoms with E-state index in [9.17, 15) is 18.0 Å². The lowest BCUT2D eigenvalue weighted by Crippen LogP contribution is -2.30. The van der Waals surface area contributed by atoms with Crippen molar-refractivity contribution >= 4 is 33.1 Å². The van der Waals surface area contributed by atoms with E-state index in [1.807, 2.05) is 31.1 Å². The molecule has 0 aromatic heterocycles. The number of benzene rings is 2. The van der Waals surface area contributed by atoms with Gasteiger partial charge in [-0.15, -0.1) is 0 Å². The summed E-state index contributed by atoms with van der Waals surface area (Å²) in [7, 11) is 0.484. The number of sulfone groups is 1. The summed E-state index contributed by atoms with van der Waals surface area (Å²) in [5, 5.41) is 2.68. The Morgan fingerprint density at radius 3 is 2.04 bits per heavy atom. The maximum absolute atomic E-state index is 12.2. The smallest absolute Gasteiger partial charge is 0.338 e. The number of anilines is 2. The van der Waals surface area contributed by atoms with Gasteiger partial charge in [0.05, 0.1) is 10.5 Å². The first kappa shape index (κ1) is 20.4. The second-order valence-electron chi connectivity index (χ2n) is 6.27. The molecule has 7 nitrogen and oxygen atoms in total. The predicted octanol–water partition coefficient (Wildman–Crippen LogP) is 2.34. The van der Waals surface area contributed by atoms with Crippen LogP contribution in [0, 0.1) is 0 Å². The molecule has 0 saturated heterocycles. The minimum Gasteiger partial charge on any atom is -0.449 e. The highest BCUT2D eigenvalue weighted by Crippen LogP contribution is 2.16. The van der Waals surface area contributed by atoms with Crippen molar-refractivity contribution in [1.29, 1.82) is 0 Å². The number of carbonyl (C=O) groups is 2. The summed E-state index contributed by atoms with van der Waals surface area (Å²) in [5.74, 6) is -1.17. The number of ether oxygens (including phenoxy) is 1. The molecule has 1 amide bonds. The van der Waals surface area contributed by atoms with Gasteiger partial charge < -0.3 is 15.0 Å². The lowest BCUT2D eigenvalue weighted by Gasteiger charge is -2.15. The monoisotopic (exact) mass is 390 g/mol. The first-order valence-electron chi connectivity index (χ1n) is 8.17. The number of nitrogens with one attached hydrogen (secondary N) is 1. The maximum Gasteiger partial charge on any atom is 0.338 e. The van der Waals surface area contributed by atoms with Crippen molar-refractivity contribution in [3.8, 4) is 0 Å². The minimum absolute atomic E-state index is 0.103. The molecule has 0 aliphatic rings. The number of amides is 1. The van der Waals surface area contributed by atoms with E-state index in [0.29, 0.717) is 5.69 Å². The fourth-order valence-electron chi connectivity index (χ4n) is 2.21. The highest BCUT2D eigenvalue weighted by Gasteiger charge is 2.19. The second-order valence-corrected chi connectivity index (χ2v) is 8.29. The first-order chi connectivity index (χ1) is 12.6. The summed E-state index contributed by atoms with van der Waals surface area (Å²) in [5.41, 5.74) is 1.74. The average molecular weight is 390 g/mol. The molecule has 144 valence electrons. The van der Waals surface area contributed by atoms with Crippen LogP contribution in [-0.4, -0.2) is 46.7 Å². The number of hydrogen-bond acceptors (Lipinski definition) is 6. The SMILES string of the molecule is C[C@@H](OC(=O)c1ccc(S(C)(=O)=O)cc1)C(=O)Nc1ccc(N(C)C)cc1. The summed E-state index contributed by atoms with van der Waals surface area (Å²) >= 11 is 0. The number of nitrogens with zero attached hydrogens (tertiary/aromatic N) is 1. The highest BCUT2D eigenvalue weighted by molar-refractivity contribution is 7.90. The molecule has 0 unspecified atom stereocenters. The van der Waals surface area contributed by atoms with Crippen LogP contribution in [-0.2, 0) is 19.4 Å². The summed E-state index contributed by atoms with van der Waals surface area (Å²) in [6.07, 6.45) is 0.0678. The van der Waals surface area contributed by atoms with Crippen LogP contribution in [0.1, 0.15) is 17.3 Å². The topological polar surface area (TPSA) is 92.8 Å². The van der Waals surface area contributed by atoms with E-state index in [4.69, 9.17) is 4.74 Å². The van der Waals surface area contributed by atoms with Crippen molar-refractivity contribution in [2.24, 2.45) is 0 Å². The molecule has 1 atom stereocenters. The van der Waals surface area contributed by atoms with Crippen LogP contribution in [0.3, 0.4) is 0 Å². The van der Waals surface area contributed by atoms with Gasteiger partial charge >= 0.3 is 5.97 Å². The molecule has 0 fully saturated rings. The van der Waals surface area contributed by atoms with Crippen LogP contribution in [0.2, 0.25) is 0 Å². The Hall–Kier alpha value is -2.87. The third kappa shape index (κ3) is 5.55. The largest absolute Gasteiger partial charge is 0.449 e. The van der Waals surface area contributed by atoms with E-state index in [1.54, 1.807) is 12.1 Å². The molecule has 8 heteroatoms. The number of hydrogen-bond donors (Lipinski definition) is 1. The molecule has 2 rings (SSSR count). The van der Waals surface area contributed by atoms with Gasteiger partial charge in [-0.3, -0.25) is 4.79 Å². The van der Waals surface area contributed by atoms with Crippen LogP contribution in [0.4, 0.5) is 11.4 Å². The molecule has 0 aliphatic heterocycles. The predicted molar refractivity (Wildman–Crippen MR) is 104 cm³/mol. The normalized spacial score (nSPS) is 12.1. The molecule has 0 spiro atoms. The standard InChI is InChI=1S/C19H22N2O5S/c1-13(18(22)20-15-7-9-16(10-8-15)21(2)3)26-19(23)14-5-11-17(12-6-14)27(4,24)25/h5-13H,1-4H3,(H,20,22)/t13-/m1/s1. The van der Waals surface area contributed by atoms with Gasteiger partial charge in [-0.1, -0.05) is 0 Å². The third-order valence-corrected chi connectivity index (χ3v) is 4.95. The molecule has 2 aromatic carbocycles. The van der Waals surface area contributed by atoms with Gasteiger partial charge in [-0.25, -0.2) is 13.2 Å². The van der Waals surface area contributed by atoms with Crippen LogP contribution in [0.5, 0.6) is 0 Å². The van der Waals surface area contributed by atoms with Crippen LogP contribution < -0.4 is 10.2 Å². The Labute approximate surface area is 158 Å². The lowest BCUT2D eigenvalue weighted by molar-refractivity contribution is -0.123. The average Bonchev–Trinajstić information content (AvgIpc) is 2.61. The molecule has 2 aromatic rings. The van der Waals surface area contributed by atoms with Gasteiger partial charge in [0, 0.05) is 31.7 Å². The van der Waals surface area contributed by atoms with Gasteiger partial charge in [-0.2, -0.15) is 0 Å². The molecule has 1 N–H and O–H groups in total. The van der Waals surface area contributed by atoms with Crippen molar-refractivity contribution in [3.05, 3.63) is 54.1 Å². The van der Waals surface area contributed by atoms with E-state index >= 15 is 0 Å². The quantitative estimate of drug-likeness (QED) is 0.761. The molecule has 0 radical (unpaired) electrons. The van der Waals surface area contributed by atoms with Crippen molar-refractivity contribution < 1.29 is 22.7 Å². The van der Waals surface area contributed by atoms with Crippen molar-refractivity contribution in [3.63, 3.8) is 0 Å². The van der Waals surface area contributed by atoms with Crippen molar-refractivity contribution in [1.82, 2.24) is 0 Å². The fraction of sp³-hybridized carbons (Fsp3) is 0.263. The van der Waals surface area contributed by atoms with E-state index in [2.05, 4.69) is 5.32 Å². The molecular formula is C19H22N2O5S. The zero-order valence-corrected chi connectivity index (χ0v) is 16.4. The van der Waals surface area contributed by atoms with Gasteiger partial charge in [-0.05, 0) is 55.5 Å². The zero-order valence-electron chi connectivity index (χ0n) is 15.6. The fourth-order valence-corrected chi connectivity index (χ4v) is 2.84. The van der Waals surface area contributed by atoms with E-state index in [1.165, 1.54) is 31.2 Å². The summed E-state index contributed by atoms with van der Waals surface area (Å²) < 4.78 is 28.0. The zero-order chi connectivity index (χ0) is 20.2. The van der Waals surface area contributed by atoms with E-state index in [0.717, 1.165) is 11.9 Å². The Morgan fingerprint density at radius 2 is 1.56 bits per heavy atom. The Balaban J connectivity index is 1.97. The van der Waals surface area contributed by atoms with Crippen molar-refractivity contribution in [2.75, 3.05) is 30.6 Å². The molecule has 0 saturated carbocycles. The minimum atomic E-state index is -3.34. The third-order valence-electron chi connectivity index (χ3n) is 3.82. The molecule has 0 bridgehead atoms. The Morgan fingerprint density at radius 1 is 1.00 bits per heavy atom. The number of rotatable bonds is 6. The number of esters is 1. The van der Waals surface area contributed by atoms with Gasteiger partial charge in [0.1, 0.15) is 0 Å². The van der Waals surface area contributed by atoms with E-state index < -0.39 is 27.8 Å². The Bertz CT molecular complexity index is 920. The second kappa shape index (κ2) is 8.22. The summed E-state index contributed by atoms with van der Waals surface area (Å²) in [4.78, 5) is 26.4. The molecule has 27 heavy (non-hydrogen) atoms. The summed E-state index contributed by atoms with van der Waals surface area (Å²) in [6, 6.07) is 12.6. The van der Waals surface area contributed by atoms with Crippen LogP contribution >= 0.6 is 0 Å². The van der Waals surface area contributed by atoms with Crippen LogP contribution in [0.25, 0.3) is 0 Å². The molecule has 0 heterocycles. The van der Waals surface area contributed by atoms with Crippen molar-refractivity contribution in [2.45, 2.75) is 17.9 Å². The van der Waals surface area contributed by atoms with Gasteiger partial charge in [0.15, 0.2) is 15.9 Å². The first-order valence-corrected chi connectivity index (χ1v) is 10.1. The molecular weight excluding hydrogens is 368 g/mol. The Kier molecular flexibility index (Phi) is 6.22. The highest BCUT2D eigenvalue weighted by atomic mass is 32.2. The van der Waals surface area contributed by atoms with E-state index in [-0.39, 0.29) is 10.5 Å². The maximum atomic E-state index is 12.2. The number of carbonyl (C=O) groups excluding carboxylic acids is 2. The summed E-state index contributed by atoms with van der Waals surface area (Å²) in [6.45, 7) is 1.46. The van der Waals surface area contributed by atoms with Gasteiger partial charge in [0.2, 0.25) is 0 Å².